The van der Waals surface area contributed by atoms with Crippen LogP contribution in [0.4, 0.5) is 5.69 Å². The van der Waals surface area contributed by atoms with E-state index in [0.717, 1.165) is 30.4 Å². The minimum atomic E-state index is -0.479. The van der Waals surface area contributed by atoms with Crippen molar-refractivity contribution in [3.05, 3.63) is 105 Å². The number of amides is 2. The smallest absolute Gasteiger partial charge is 0.272 e. The molecular formula is C28H26ClN5O3. The molecule has 0 atom stereocenters. The maximum absolute atomic E-state index is 13.3. The van der Waals surface area contributed by atoms with E-state index < -0.39 is 5.54 Å². The van der Waals surface area contributed by atoms with Crippen LogP contribution >= 0.6 is 11.6 Å². The summed E-state index contributed by atoms with van der Waals surface area (Å²) in [6.45, 7) is 0. The second kappa shape index (κ2) is 9.71. The van der Waals surface area contributed by atoms with Crippen molar-refractivity contribution >= 4 is 29.1 Å². The molecule has 1 saturated carbocycles. The Labute approximate surface area is 218 Å². The molecule has 0 radical (unpaired) electrons. The second-order valence-corrected chi connectivity index (χ2v) is 9.71. The van der Waals surface area contributed by atoms with E-state index in [-0.39, 0.29) is 23.1 Å². The monoisotopic (exact) mass is 515 g/mol. The normalized spacial score (nSPS) is 14.0. The standard InChI is InChI=1S/C28H26ClN5O3/c1-33-23(5-3-6-25(33)35)26(36)30-21-13-9-19(10-14-21)28(15-4-16-28)31-27(37)24-17-22(32-34(24)2)18-7-11-20(29)12-8-18/h3,5-14,17H,4,15-16H2,1-2H3,(H,30,36)(H,31,37). The largest absolute Gasteiger partial charge is 0.341 e. The van der Waals surface area contributed by atoms with E-state index in [4.69, 9.17) is 11.6 Å². The minimum Gasteiger partial charge on any atom is -0.341 e. The molecule has 1 fully saturated rings. The molecule has 0 bridgehead atoms. The second-order valence-electron chi connectivity index (χ2n) is 9.27. The highest BCUT2D eigenvalue weighted by Crippen LogP contribution is 2.42. The van der Waals surface area contributed by atoms with Crippen molar-refractivity contribution in [3.63, 3.8) is 0 Å². The lowest BCUT2D eigenvalue weighted by atomic mass is 9.71. The molecule has 2 N–H and O–H groups in total. The summed E-state index contributed by atoms with van der Waals surface area (Å²) in [7, 11) is 3.31. The quantitative estimate of drug-likeness (QED) is 0.395. The van der Waals surface area contributed by atoms with Gasteiger partial charge in [0.15, 0.2) is 0 Å². The van der Waals surface area contributed by atoms with Crippen LogP contribution in [0, 0.1) is 0 Å². The average molecular weight is 516 g/mol. The highest BCUT2D eigenvalue weighted by Gasteiger charge is 2.40. The van der Waals surface area contributed by atoms with Crippen LogP contribution in [0.3, 0.4) is 0 Å². The summed E-state index contributed by atoms with van der Waals surface area (Å²) in [6, 6.07) is 21.1. The summed E-state index contributed by atoms with van der Waals surface area (Å²) in [4.78, 5) is 37.8. The minimum absolute atomic E-state index is 0.197. The Balaban J connectivity index is 1.32. The average Bonchev–Trinajstić information content (AvgIpc) is 3.25. The molecule has 1 aliphatic carbocycles. The van der Waals surface area contributed by atoms with E-state index in [0.29, 0.717) is 22.1 Å². The number of nitrogens with zero attached hydrogens (tertiary/aromatic N) is 3. The third-order valence-electron chi connectivity index (χ3n) is 6.93. The van der Waals surface area contributed by atoms with Gasteiger partial charge in [0.1, 0.15) is 11.4 Å². The van der Waals surface area contributed by atoms with Gasteiger partial charge in [0.2, 0.25) is 0 Å². The summed E-state index contributed by atoms with van der Waals surface area (Å²) in [5.41, 5.74) is 3.16. The molecule has 8 nitrogen and oxygen atoms in total. The van der Waals surface area contributed by atoms with E-state index in [1.54, 1.807) is 49.1 Å². The lowest BCUT2D eigenvalue weighted by molar-refractivity contribution is 0.0813. The Morgan fingerprint density at radius 2 is 1.62 bits per heavy atom. The molecule has 5 rings (SSSR count). The number of carbonyl (C=O) groups excluding carboxylic acids is 2. The van der Waals surface area contributed by atoms with Crippen molar-refractivity contribution < 1.29 is 9.59 Å². The number of aromatic nitrogens is 3. The van der Waals surface area contributed by atoms with E-state index in [9.17, 15) is 14.4 Å². The van der Waals surface area contributed by atoms with Gasteiger partial charge in [0.05, 0.1) is 11.2 Å². The topological polar surface area (TPSA) is 98.0 Å². The molecule has 2 aromatic heterocycles. The molecule has 2 amide bonds. The van der Waals surface area contributed by atoms with Crippen LogP contribution in [0.1, 0.15) is 45.8 Å². The third kappa shape index (κ3) is 4.80. The number of carbonyl (C=O) groups is 2. The van der Waals surface area contributed by atoms with Crippen LogP contribution in [-0.2, 0) is 19.6 Å². The predicted octanol–water partition coefficient (Wildman–Crippen LogP) is 4.50. The summed E-state index contributed by atoms with van der Waals surface area (Å²) in [5.74, 6) is -0.565. The van der Waals surface area contributed by atoms with Gasteiger partial charge in [-0.15, -0.1) is 0 Å². The molecule has 0 spiro atoms. The van der Waals surface area contributed by atoms with Gasteiger partial charge in [-0.3, -0.25) is 19.1 Å². The van der Waals surface area contributed by atoms with Crippen LogP contribution in [0.15, 0.2) is 77.6 Å². The molecule has 1 aliphatic rings. The fourth-order valence-corrected chi connectivity index (χ4v) is 4.72. The zero-order valence-corrected chi connectivity index (χ0v) is 21.2. The zero-order valence-electron chi connectivity index (χ0n) is 20.5. The molecule has 188 valence electrons. The lowest BCUT2D eigenvalue weighted by Crippen LogP contribution is -2.51. The molecule has 2 heterocycles. The molecule has 0 saturated heterocycles. The molecule has 9 heteroatoms. The van der Waals surface area contributed by atoms with Crippen LogP contribution in [0.5, 0.6) is 0 Å². The maximum Gasteiger partial charge on any atom is 0.272 e. The molecule has 37 heavy (non-hydrogen) atoms. The van der Waals surface area contributed by atoms with Gasteiger partial charge in [0, 0.05) is 36.4 Å². The van der Waals surface area contributed by atoms with Gasteiger partial charge >= 0.3 is 0 Å². The van der Waals surface area contributed by atoms with Gasteiger partial charge in [-0.1, -0.05) is 41.9 Å². The highest BCUT2D eigenvalue weighted by atomic mass is 35.5. The van der Waals surface area contributed by atoms with Crippen LogP contribution in [0.2, 0.25) is 5.02 Å². The Morgan fingerprint density at radius 1 is 0.919 bits per heavy atom. The molecule has 2 aromatic carbocycles. The number of rotatable bonds is 6. The number of nitrogens with one attached hydrogen (secondary N) is 2. The Hall–Kier alpha value is -4.17. The number of aryl methyl sites for hydroxylation is 1. The van der Waals surface area contributed by atoms with Crippen LogP contribution < -0.4 is 16.2 Å². The van der Waals surface area contributed by atoms with Crippen molar-refractivity contribution in [3.8, 4) is 11.3 Å². The summed E-state index contributed by atoms with van der Waals surface area (Å²) in [6.07, 6.45) is 2.64. The number of halogens is 1. The number of hydrogen-bond donors (Lipinski definition) is 2. The van der Waals surface area contributed by atoms with E-state index >= 15 is 0 Å². The Morgan fingerprint density at radius 3 is 2.27 bits per heavy atom. The van der Waals surface area contributed by atoms with E-state index in [1.807, 2.05) is 36.4 Å². The Bertz CT molecular complexity index is 1530. The van der Waals surface area contributed by atoms with E-state index in [1.165, 1.54) is 10.6 Å². The third-order valence-corrected chi connectivity index (χ3v) is 7.18. The van der Waals surface area contributed by atoms with Gasteiger partial charge in [-0.05, 0) is 61.2 Å². The molecular weight excluding hydrogens is 490 g/mol. The molecule has 0 aliphatic heterocycles. The number of anilines is 1. The van der Waals surface area contributed by atoms with Crippen LogP contribution in [-0.4, -0.2) is 26.2 Å². The van der Waals surface area contributed by atoms with E-state index in [2.05, 4.69) is 15.7 Å². The van der Waals surface area contributed by atoms with Crippen molar-refractivity contribution in [1.82, 2.24) is 19.7 Å². The number of hydrogen-bond acceptors (Lipinski definition) is 4. The van der Waals surface area contributed by atoms with Gasteiger partial charge in [0.25, 0.3) is 17.4 Å². The predicted molar refractivity (Wildman–Crippen MR) is 143 cm³/mol. The SMILES string of the molecule is Cn1nc(-c2ccc(Cl)cc2)cc1C(=O)NC1(c2ccc(NC(=O)c3cccc(=O)n3C)cc2)CCC1. The van der Waals surface area contributed by atoms with Crippen LogP contribution in [0.25, 0.3) is 11.3 Å². The van der Waals surface area contributed by atoms with Gasteiger partial charge in [-0.25, -0.2) is 0 Å². The number of pyridine rings is 1. The van der Waals surface area contributed by atoms with Crippen molar-refractivity contribution in [2.45, 2.75) is 24.8 Å². The number of benzene rings is 2. The fraction of sp³-hybridized carbons (Fsp3) is 0.214. The first-order valence-corrected chi connectivity index (χ1v) is 12.3. The molecule has 0 unspecified atom stereocenters. The maximum atomic E-state index is 13.3. The first-order chi connectivity index (χ1) is 17.8. The Kier molecular flexibility index (Phi) is 6.43. The summed E-state index contributed by atoms with van der Waals surface area (Å²) in [5, 5.41) is 11.2. The lowest BCUT2D eigenvalue weighted by Gasteiger charge is -2.43. The zero-order chi connectivity index (χ0) is 26.2. The highest BCUT2D eigenvalue weighted by molar-refractivity contribution is 6.30. The van der Waals surface area contributed by atoms with Gasteiger partial charge in [-0.2, -0.15) is 5.10 Å². The van der Waals surface area contributed by atoms with Crippen molar-refractivity contribution in [2.75, 3.05) is 5.32 Å². The van der Waals surface area contributed by atoms with Crippen molar-refractivity contribution in [1.29, 1.82) is 0 Å². The fourth-order valence-electron chi connectivity index (χ4n) is 4.60. The molecule has 4 aromatic rings. The summed E-state index contributed by atoms with van der Waals surface area (Å²) >= 11 is 5.99. The summed E-state index contributed by atoms with van der Waals surface area (Å²) < 4.78 is 2.89. The first-order valence-electron chi connectivity index (χ1n) is 12.0. The first kappa shape index (κ1) is 24.5. The van der Waals surface area contributed by atoms with Gasteiger partial charge < -0.3 is 15.2 Å². The van der Waals surface area contributed by atoms with Crippen molar-refractivity contribution in [2.24, 2.45) is 14.1 Å².